The first-order valence-corrected chi connectivity index (χ1v) is 12.3. The van der Waals surface area contributed by atoms with Gasteiger partial charge in [0.1, 0.15) is 0 Å². The molecule has 0 aromatic carbocycles. The van der Waals surface area contributed by atoms with Gasteiger partial charge in [-0.05, 0) is 37.1 Å². The maximum absolute atomic E-state index is 12.4. The number of rotatable bonds is 5. The number of piperidine rings is 1. The lowest BCUT2D eigenvalue weighted by Gasteiger charge is -2.31. The zero-order chi connectivity index (χ0) is 23.6. The number of nitrogens with zero attached hydrogens (tertiary/aromatic N) is 4. The minimum atomic E-state index is -3.44. The van der Waals surface area contributed by atoms with Crippen molar-refractivity contribution in [1.82, 2.24) is 24.2 Å². The Hall–Kier alpha value is -3.47. The highest BCUT2D eigenvalue weighted by atomic mass is 32.2. The fraction of sp³-hybridized carbons (Fsp3) is 0.364. The highest BCUT2D eigenvalue weighted by molar-refractivity contribution is 7.89. The number of fused-ring (bicyclic) bond motifs is 1. The number of methoxy groups -OCH3 is 1. The van der Waals surface area contributed by atoms with Gasteiger partial charge in [0.25, 0.3) is 5.91 Å². The van der Waals surface area contributed by atoms with Gasteiger partial charge >= 0.3 is 6.09 Å². The molecule has 1 aliphatic heterocycles. The zero-order valence-electron chi connectivity index (χ0n) is 18.4. The quantitative estimate of drug-likeness (QED) is 0.604. The van der Waals surface area contributed by atoms with Crippen LogP contribution in [0, 0.1) is 0 Å². The average molecular weight is 472 g/mol. The van der Waals surface area contributed by atoms with Crippen LogP contribution in [0.3, 0.4) is 0 Å². The van der Waals surface area contributed by atoms with Crippen molar-refractivity contribution in [3.63, 3.8) is 0 Å². The fourth-order valence-corrected chi connectivity index (χ4v) is 4.49. The highest BCUT2D eigenvalue weighted by Crippen LogP contribution is 2.27. The van der Waals surface area contributed by atoms with E-state index in [-0.39, 0.29) is 24.1 Å². The Balaban J connectivity index is 1.47. The lowest BCUT2D eigenvalue weighted by molar-refractivity contribution is 0.0950. The summed E-state index contributed by atoms with van der Waals surface area (Å²) >= 11 is 0. The molecule has 1 N–H and O–H groups in total. The van der Waals surface area contributed by atoms with Gasteiger partial charge in [-0.1, -0.05) is 0 Å². The molecule has 1 aliphatic rings. The molecule has 3 aromatic rings. The summed E-state index contributed by atoms with van der Waals surface area (Å²) in [6.07, 6.45) is 6.87. The summed E-state index contributed by atoms with van der Waals surface area (Å²) in [5.74, 6) is -0.274. The van der Waals surface area contributed by atoms with Crippen LogP contribution in [-0.4, -0.2) is 65.7 Å². The predicted octanol–water partition coefficient (Wildman–Crippen LogP) is 2.11. The van der Waals surface area contributed by atoms with Gasteiger partial charge in [0.2, 0.25) is 10.0 Å². The van der Waals surface area contributed by atoms with Crippen molar-refractivity contribution in [2.45, 2.75) is 25.3 Å². The molecule has 10 nitrogen and oxygen atoms in total. The van der Waals surface area contributed by atoms with Gasteiger partial charge in [-0.3, -0.25) is 18.7 Å². The average Bonchev–Trinajstić information content (AvgIpc) is 3.33. The van der Waals surface area contributed by atoms with E-state index >= 15 is 0 Å². The van der Waals surface area contributed by atoms with Crippen LogP contribution < -0.4 is 5.32 Å². The van der Waals surface area contributed by atoms with Gasteiger partial charge in [0.15, 0.2) is 0 Å². The lowest BCUT2D eigenvalue weighted by Crippen LogP contribution is -2.39. The Morgan fingerprint density at radius 1 is 1.27 bits per heavy atom. The van der Waals surface area contributed by atoms with Crippen molar-refractivity contribution in [2.24, 2.45) is 0 Å². The van der Waals surface area contributed by atoms with Crippen LogP contribution in [0.2, 0.25) is 0 Å². The molecule has 1 fully saturated rings. The lowest BCUT2D eigenvalue weighted by atomic mass is 9.94. The van der Waals surface area contributed by atoms with Gasteiger partial charge in [-0.2, -0.15) is 0 Å². The molecule has 3 aromatic heterocycles. The molecule has 4 rings (SSSR count). The minimum Gasteiger partial charge on any atom is -0.453 e. The van der Waals surface area contributed by atoms with Gasteiger partial charge in [-0.15, -0.1) is 0 Å². The normalized spacial score (nSPS) is 16.5. The molecule has 0 bridgehead atoms. The molecule has 2 amide bonds. The highest BCUT2D eigenvalue weighted by Gasteiger charge is 2.26. The van der Waals surface area contributed by atoms with Gasteiger partial charge in [-0.25, -0.2) is 13.2 Å². The number of nitrogens with one attached hydrogen (secondary N) is 1. The number of pyridine rings is 2. The molecule has 0 aliphatic carbocycles. The van der Waals surface area contributed by atoms with Crippen LogP contribution in [-0.2, 0) is 21.3 Å². The first kappa shape index (κ1) is 22.7. The third-order valence-corrected chi connectivity index (χ3v) is 6.66. The maximum atomic E-state index is 12.4. The summed E-state index contributed by atoms with van der Waals surface area (Å²) in [6.45, 7) is 1.41. The van der Waals surface area contributed by atoms with Crippen LogP contribution in [0.4, 0.5) is 4.79 Å². The van der Waals surface area contributed by atoms with E-state index in [0.717, 1.165) is 39.7 Å². The van der Waals surface area contributed by atoms with Crippen molar-refractivity contribution >= 4 is 32.9 Å². The molecule has 11 heteroatoms. The predicted molar refractivity (Wildman–Crippen MR) is 121 cm³/mol. The number of aromatic nitrogens is 3. The Morgan fingerprint density at radius 3 is 2.82 bits per heavy atom. The molecular weight excluding hydrogens is 446 g/mol. The Bertz CT molecular complexity index is 1300. The fourth-order valence-electron chi connectivity index (χ4n) is 3.90. The molecule has 174 valence electrons. The summed E-state index contributed by atoms with van der Waals surface area (Å²) in [5.41, 5.74) is 2.53. The molecule has 0 radical (unpaired) electrons. The first-order chi connectivity index (χ1) is 15.7. The summed E-state index contributed by atoms with van der Waals surface area (Å²) in [4.78, 5) is 35.2. The minimum absolute atomic E-state index is 0.123. The second-order valence-corrected chi connectivity index (χ2v) is 9.92. The molecule has 1 unspecified atom stereocenters. The topological polar surface area (TPSA) is 123 Å². The monoisotopic (exact) mass is 471 g/mol. The van der Waals surface area contributed by atoms with Crippen LogP contribution >= 0.6 is 0 Å². The van der Waals surface area contributed by atoms with E-state index in [2.05, 4.69) is 10.3 Å². The number of amides is 2. The van der Waals surface area contributed by atoms with E-state index in [1.54, 1.807) is 11.1 Å². The summed E-state index contributed by atoms with van der Waals surface area (Å²) in [6, 6.07) is 7.18. The number of carbonyl (C=O) groups is 2. The van der Waals surface area contributed by atoms with Crippen LogP contribution in [0.25, 0.3) is 10.9 Å². The first-order valence-electron chi connectivity index (χ1n) is 10.5. The Morgan fingerprint density at radius 2 is 2.09 bits per heavy atom. The van der Waals surface area contributed by atoms with E-state index in [4.69, 9.17) is 9.72 Å². The van der Waals surface area contributed by atoms with E-state index in [1.165, 1.54) is 25.6 Å². The number of hydrogen-bond acceptors (Lipinski definition) is 7. The molecular formula is C22H25N5O5S. The molecule has 33 heavy (non-hydrogen) atoms. The smallest absolute Gasteiger partial charge is 0.409 e. The Labute approximate surface area is 191 Å². The number of ether oxygens (including phenoxy) is 1. The summed E-state index contributed by atoms with van der Waals surface area (Å²) in [7, 11) is -2.06. The van der Waals surface area contributed by atoms with Gasteiger partial charge < -0.3 is 15.0 Å². The van der Waals surface area contributed by atoms with Crippen molar-refractivity contribution in [3.05, 3.63) is 59.8 Å². The van der Waals surface area contributed by atoms with Crippen LogP contribution in [0.5, 0.6) is 0 Å². The second-order valence-electron chi connectivity index (χ2n) is 8.04. The van der Waals surface area contributed by atoms with E-state index < -0.39 is 15.9 Å². The largest absolute Gasteiger partial charge is 0.453 e. The Kier molecular flexibility index (Phi) is 6.32. The van der Waals surface area contributed by atoms with Crippen molar-refractivity contribution in [3.8, 4) is 0 Å². The van der Waals surface area contributed by atoms with E-state index in [1.807, 2.05) is 18.2 Å². The van der Waals surface area contributed by atoms with Crippen molar-refractivity contribution < 1.29 is 22.7 Å². The maximum Gasteiger partial charge on any atom is 0.409 e. The van der Waals surface area contributed by atoms with E-state index in [0.29, 0.717) is 18.8 Å². The third-order valence-electron chi connectivity index (χ3n) is 5.67. The number of carbonyl (C=O) groups excluding carboxylic acids is 2. The molecule has 1 atom stereocenters. The van der Waals surface area contributed by atoms with Crippen molar-refractivity contribution in [1.29, 1.82) is 0 Å². The third kappa shape index (κ3) is 5.14. The molecule has 4 heterocycles. The van der Waals surface area contributed by atoms with Crippen LogP contribution in [0.15, 0.2) is 42.9 Å². The number of likely N-dealkylation sites (tertiary alicyclic amines) is 1. The standard InChI is InChI=1S/C22H25N5O5S/c1-32-22(29)26-8-3-4-16(13-26)19-6-5-15-11-23-18(10-20(15)25-19)12-24-21(28)17-7-9-27(14-17)33(2,30)31/h5-7,9-11,14,16H,3-4,8,12-13H2,1-2H3,(H,24,28). The second kappa shape index (κ2) is 9.18. The summed E-state index contributed by atoms with van der Waals surface area (Å²) < 4.78 is 29.0. The van der Waals surface area contributed by atoms with Crippen molar-refractivity contribution in [2.75, 3.05) is 26.5 Å². The zero-order valence-corrected chi connectivity index (χ0v) is 19.2. The molecule has 0 saturated carbocycles. The van der Waals surface area contributed by atoms with E-state index in [9.17, 15) is 18.0 Å². The van der Waals surface area contributed by atoms with Gasteiger partial charge in [0, 0.05) is 48.7 Å². The van der Waals surface area contributed by atoms with Gasteiger partial charge in [0.05, 0.1) is 36.7 Å². The van der Waals surface area contributed by atoms with Crippen LogP contribution in [0.1, 0.15) is 40.5 Å². The number of hydrogen-bond donors (Lipinski definition) is 1. The SMILES string of the molecule is COC(=O)N1CCCC(c2ccc3cnc(CNC(=O)c4ccn(S(C)(=O)=O)c4)cc3n2)C1. The molecule has 1 saturated heterocycles. The molecule has 0 spiro atoms. The summed E-state index contributed by atoms with van der Waals surface area (Å²) in [5, 5.41) is 3.63.